The van der Waals surface area contributed by atoms with Crippen LogP contribution in [0.15, 0.2) is 36.4 Å². The van der Waals surface area contributed by atoms with E-state index in [-0.39, 0.29) is 61.9 Å². The summed E-state index contributed by atoms with van der Waals surface area (Å²) >= 11 is 0. The summed E-state index contributed by atoms with van der Waals surface area (Å²) in [6.45, 7) is 3.56. The predicted molar refractivity (Wildman–Crippen MR) is 147 cm³/mol. The fourth-order valence-electron chi connectivity index (χ4n) is 3.70. The molecule has 2 aromatic rings. The van der Waals surface area contributed by atoms with Crippen LogP contribution in [-0.4, -0.2) is 56.7 Å². The fourth-order valence-corrected chi connectivity index (χ4v) is 3.70. The molecule has 0 radical (unpaired) electrons. The SMILES string of the molecule is C.C.CC(=O)[C@H](CCCCNC(=O)[C@@H](C)Cc1ccc(O)c(O)c1)NC(=O)[C@@H](N)Cc1ccc(O)c(O)c1. The number of carbonyl (C=O) groups excluding carboxylic acids is 3. The zero-order valence-electron chi connectivity index (χ0n) is 20.5. The summed E-state index contributed by atoms with van der Waals surface area (Å²) in [5.41, 5.74) is 7.25. The molecular formula is C28H43N3O7. The Kier molecular flexibility index (Phi) is 14.5. The van der Waals surface area contributed by atoms with Gasteiger partial charge >= 0.3 is 0 Å². The average Bonchev–Trinajstić information content (AvgIpc) is 2.82. The molecule has 8 N–H and O–H groups in total. The molecule has 0 aliphatic heterocycles. The number of amides is 2. The van der Waals surface area contributed by atoms with Crippen molar-refractivity contribution in [2.45, 2.75) is 72.9 Å². The van der Waals surface area contributed by atoms with Gasteiger partial charge in [0.05, 0.1) is 12.1 Å². The van der Waals surface area contributed by atoms with E-state index in [1.54, 1.807) is 19.1 Å². The van der Waals surface area contributed by atoms with Gasteiger partial charge < -0.3 is 36.8 Å². The lowest BCUT2D eigenvalue weighted by Gasteiger charge is -2.19. The summed E-state index contributed by atoms with van der Waals surface area (Å²) in [7, 11) is 0. The van der Waals surface area contributed by atoms with Crippen LogP contribution in [0.25, 0.3) is 0 Å². The third-order valence-corrected chi connectivity index (χ3v) is 5.89. The maximum Gasteiger partial charge on any atom is 0.237 e. The van der Waals surface area contributed by atoms with Crippen LogP contribution in [0.3, 0.4) is 0 Å². The number of ketones is 1. The molecule has 2 amide bonds. The van der Waals surface area contributed by atoms with Crippen molar-refractivity contribution in [2.75, 3.05) is 6.54 Å². The summed E-state index contributed by atoms with van der Waals surface area (Å²) in [5.74, 6) is -2.19. The Labute approximate surface area is 224 Å². The highest BCUT2D eigenvalue weighted by Crippen LogP contribution is 2.26. The van der Waals surface area contributed by atoms with E-state index in [2.05, 4.69) is 10.6 Å². The molecule has 0 saturated heterocycles. The molecule has 212 valence electrons. The zero-order valence-corrected chi connectivity index (χ0v) is 20.5. The van der Waals surface area contributed by atoms with Crippen molar-refractivity contribution < 1.29 is 34.8 Å². The molecule has 0 heterocycles. The molecule has 10 heteroatoms. The van der Waals surface area contributed by atoms with Crippen molar-refractivity contribution in [1.82, 2.24) is 10.6 Å². The lowest BCUT2D eigenvalue weighted by Crippen LogP contribution is -2.48. The van der Waals surface area contributed by atoms with Crippen molar-refractivity contribution in [3.8, 4) is 23.0 Å². The van der Waals surface area contributed by atoms with Gasteiger partial charge in [0, 0.05) is 12.5 Å². The molecule has 0 bridgehead atoms. The number of phenolic OH excluding ortho intramolecular Hbond substituents is 4. The summed E-state index contributed by atoms with van der Waals surface area (Å²) in [4.78, 5) is 36.8. The number of Topliss-reactive ketones (excluding diaryl/α,β-unsaturated/α-hetero) is 1. The van der Waals surface area contributed by atoms with Gasteiger partial charge in [0.1, 0.15) is 0 Å². The van der Waals surface area contributed by atoms with Gasteiger partial charge in [-0.1, -0.05) is 33.9 Å². The molecule has 0 aliphatic rings. The van der Waals surface area contributed by atoms with Gasteiger partial charge in [0.25, 0.3) is 0 Å². The number of nitrogens with one attached hydrogen (secondary N) is 2. The lowest BCUT2D eigenvalue weighted by atomic mass is 10.00. The van der Waals surface area contributed by atoms with Crippen molar-refractivity contribution >= 4 is 17.6 Å². The number of nitrogens with two attached hydrogens (primary N) is 1. The molecule has 0 fully saturated rings. The molecule has 0 unspecified atom stereocenters. The Bertz CT molecular complexity index is 1070. The molecule has 3 atom stereocenters. The van der Waals surface area contributed by atoms with Crippen LogP contribution in [0.1, 0.15) is 59.1 Å². The first-order valence-electron chi connectivity index (χ1n) is 11.8. The van der Waals surface area contributed by atoms with E-state index >= 15 is 0 Å². The molecule has 10 nitrogen and oxygen atoms in total. The average molecular weight is 534 g/mol. The minimum absolute atomic E-state index is 0. The number of unbranched alkanes of at least 4 members (excludes halogenated alkanes) is 1. The lowest BCUT2D eigenvalue weighted by molar-refractivity contribution is -0.127. The van der Waals surface area contributed by atoms with Gasteiger partial charge in [-0.15, -0.1) is 0 Å². The smallest absolute Gasteiger partial charge is 0.237 e. The highest BCUT2D eigenvalue weighted by molar-refractivity contribution is 5.89. The van der Waals surface area contributed by atoms with Crippen LogP contribution in [0, 0.1) is 5.92 Å². The Morgan fingerprint density at radius 1 is 0.816 bits per heavy atom. The van der Waals surface area contributed by atoms with E-state index in [1.165, 1.54) is 31.2 Å². The summed E-state index contributed by atoms with van der Waals surface area (Å²) in [6.07, 6.45) is 2.12. The molecule has 2 aromatic carbocycles. The second-order valence-electron chi connectivity index (χ2n) is 9.02. The van der Waals surface area contributed by atoms with Gasteiger partial charge in [0.2, 0.25) is 11.8 Å². The largest absolute Gasteiger partial charge is 0.504 e. The second-order valence-corrected chi connectivity index (χ2v) is 9.02. The van der Waals surface area contributed by atoms with Gasteiger partial charge in [-0.05, 0) is 74.4 Å². The van der Waals surface area contributed by atoms with Crippen LogP contribution in [0.4, 0.5) is 0 Å². The van der Waals surface area contributed by atoms with Gasteiger partial charge in [-0.25, -0.2) is 0 Å². The number of phenols is 4. The number of carbonyl (C=O) groups is 3. The third-order valence-electron chi connectivity index (χ3n) is 5.89. The number of rotatable bonds is 13. The van der Waals surface area contributed by atoms with E-state index in [0.717, 1.165) is 5.56 Å². The topological polar surface area (TPSA) is 182 Å². The van der Waals surface area contributed by atoms with Crippen molar-refractivity contribution in [3.05, 3.63) is 47.5 Å². The first-order chi connectivity index (χ1) is 17.0. The van der Waals surface area contributed by atoms with Gasteiger partial charge in [-0.2, -0.15) is 0 Å². The minimum Gasteiger partial charge on any atom is -0.504 e. The van der Waals surface area contributed by atoms with Gasteiger partial charge in [0.15, 0.2) is 28.8 Å². The summed E-state index contributed by atoms with van der Waals surface area (Å²) < 4.78 is 0. The van der Waals surface area contributed by atoms with Crippen LogP contribution in [-0.2, 0) is 27.2 Å². The number of hydrogen-bond acceptors (Lipinski definition) is 8. The molecule has 0 saturated carbocycles. The van der Waals surface area contributed by atoms with E-state index in [4.69, 9.17) is 5.73 Å². The van der Waals surface area contributed by atoms with Gasteiger partial charge in [-0.3, -0.25) is 14.4 Å². The Balaban J connectivity index is 0.00000684. The minimum atomic E-state index is -0.938. The van der Waals surface area contributed by atoms with E-state index in [1.807, 2.05) is 0 Å². The maximum atomic E-state index is 12.5. The molecule has 38 heavy (non-hydrogen) atoms. The highest BCUT2D eigenvalue weighted by Gasteiger charge is 2.22. The number of hydrogen-bond donors (Lipinski definition) is 7. The third kappa shape index (κ3) is 10.7. The standard InChI is InChI=1S/C26H35N3O7.2CH4/c1-15(11-17-6-8-21(31)23(33)13-17)25(35)28-10-4-3-5-20(16(2)30)29-26(36)19(27)12-18-7-9-22(32)24(34)14-18;;/h6-9,13-15,19-20,31-34H,3-5,10-12,27H2,1-2H3,(H,28,35)(H,29,36);2*1H4/t15-,19-,20-;;/m0../s1. The van der Waals surface area contributed by atoms with Crippen molar-refractivity contribution in [3.63, 3.8) is 0 Å². The van der Waals surface area contributed by atoms with E-state index in [9.17, 15) is 34.8 Å². The van der Waals surface area contributed by atoms with Crippen LogP contribution >= 0.6 is 0 Å². The zero-order chi connectivity index (χ0) is 26.8. The second kappa shape index (κ2) is 16.1. The summed E-state index contributed by atoms with van der Waals surface area (Å²) in [5, 5.41) is 43.4. The Morgan fingerprint density at radius 3 is 1.84 bits per heavy atom. The van der Waals surface area contributed by atoms with Crippen LogP contribution < -0.4 is 16.4 Å². The van der Waals surface area contributed by atoms with E-state index < -0.39 is 18.0 Å². The molecule has 0 aromatic heterocycles. The fraction of sp³-hybridized carbons (Fsp3) is 0.464. The predicted octanol–water partition coefficient (Wildman–Crippen LogP) is 2.89. The Hall–Kier alpha value is -3.79. The maximum absolute atomic E-state index is 12.5. The van der Waals surface area contributed by atoms with Crippen molar-refractivity contribution in [2.24, 2.45) is 11.7 Å². The number of aromatic hydroxyl groups is 4. The molecule has 0 aliphatic carbocycles. The quantitative estimate of drug-likeness (QED) is 0.151. The molecule has 2 rings (SSSR count). The van der Waals surface area contributed by atoms with E-state index in [0.29, 0.717) is 37.8 Å². The summed E-state index contributed by atoms with van der Waals surface area (Å²) in [6, 6.07) is 7.00. The highest BCUT2D eigenvalue weighted by atomic mass is 16.3. The Morgan fingerprint density at radius 2 is 1.34 bits per heavy atom. The monoisotopic (exact) mass is 533 g/mol. The first-order valence-corrected chi connectivity index (χ1v) is 11.8. The molecular weight excluding hydrogens is 490 g/mol. The van der Waals surface area contributed by atoms with Crippen molar-refractivity contribution in [1.29, 1.82) is 0 Å². The molecule has 0 spiro atoms. The first kappa shape index (κ1) is 34.2. The van der Waals surface area contributed by atoms with Crippen LogP contribution in [0.2, 0.25) is 0 Å². The van der Waals surface area contributed by atoms with Crippen LogP contribution in [0.5, 0.6) is 23.0 Å². The number of benzene rings is 2. The normalized spacial score (nSPS) is 12.7.